The van der Waals surface area contributed by atoms with Gasteiger partial charge in [0.25, 0.3) is 5.91 Å². The van der Waals surface area contributed by atoms with Crippen molar-refractivity contribution in [3.05, 3.63) is 33.1 Å². The molecule has 0 unspecified atom stereocenters. The monoisotopic (exact) mass is 350 g/mol. The van der Waals surface area contributed by atoms with Crippen LogP contribution in [0.3, 0.4) is 0 Å². The second-order valence-electron chi connectivity index (χ2n) is 3.11. The van der Waals surface area contributed by atoms with Gasteiger partial charge in [0.05, 0.1) is 12.1 Å². The predicted molar refractivity (Wildman–Crippen MR) is 71.3 cm³/mol. The molecule has 1 aliphatic heterocycles. The number of benzene rings is 1. The van der Waals surface area contributed by atoms with Gasteiger partial charge in [-0.3, -0.25) is 9.79 Å². The molecule has 1 aromatic rings. The zero-order chi connectivity index (χ0) is 11.5. The van der Waals surface area contributed by atoms with Gasteiger partial charge in [0.1, 0.15) is 5.82 Å². The summed E-state index contributed by atoms with van der Waals surface area (Å²) < 4.78 is 13.4. The Morgan fingerprint density at radius 2 is 2.38 bits per heavy atom. The molecule has 1 aliphatic rings. The molecule has 0 aliphatic carbocycles. The second kappa shape index (κ2) is 5.13. The second-order valence-corrected chi connectivity index (χ2v) is 5.36. The van der Waals surface area contributed by atoms with Crippen LogP contribution in [0.1, 0.15) is 10.4 Å². The maximum absolute atomic E-state index is 12.9. The molecule has 1 N–H and O–H groups in total. The Morgan fingerprint density at radius 1 is 1.56 bits per heavy atom. The lowest BCUT2D eigenvalue weighted by Crippen LogP contribution is -2.28. The van der Waals surface area contributed by atoms with E-state index in [9.17, 15) is 9.18 Å². The van der Waals surface area contributed by atoms with Crippen LogP contribution in [0, 0.1) is 9.39 Å². The highest BCUT2D eigenvalue weighted by molar-refractivity contribution is 14.1. The van der Waals surface area contributed by atoms with Crippen LogP contribution in [0.25, 0.3) is 0 Å². The van der Waals surface area contributed by atoms with E-state index in [1.54, 1.807) is 0 Å². The number of hydrogen-bond acceptors (Lipinski definition) is 3. The van der Waals surface area contributed by atoms with Gasteiger partial charge in [0.15, 0.2) is 5.17 Å². The molecule has 0 radical (unpaired) electrons. The molecule has 84 valence electrons. The number of carbonyl (C=O) groups is 1. The number of amides is 1. The highest BCUT2D eigenvalue weighted by Gasteiger charge is 2.14. The zero-order valence-corrected chi connectivity index (χ0v) is 11.1. The Kier molecular flexibility index (Phi) is 3.80. The summed E-state index contributed by atoms with van der Waals surface area (Å²) in [5, 5.41) is 3.35. The summed E-state index contributed by atoms with van der Waals surface area (Å²) in [7, 11) is 0. The summed E-state index contributed by atoms with van der Waals surface area (Å²) in [6.45, 7) is 0.737. The van der Waals surface area contributed by atoms with Gasteiger partial charge < -0.3 is 5.32 Å². The van der Waals surface area contributed by atoms with E-state index >= 15 is 0 Å². The average molecular weight is 350 g/mol. The highest BCUT2D eigenvalue weighted by atomic mass is 127. The number of aliphatic imine (C=N–C) groups is 1. The molecule has 0 bridgehead atoms. The number of hydrogen-bond donors (Lipinski definition) is 1. The first-order valence-electron chi connectivity index (χ1n) is 4.60. The first-order valence-corrected chi connectivity index (χ1v) is 6.67. The number of rotatable bonds is 1. The zero-order valence-electron chi connectivity index (χ0n) is 8.17. The summed E-state index contributed by atoms with van der Waals surface area (Å²) in [5.74, 6) is 0.321. The predicted octanol–water partition coefficient (Wildman–Crippen LogP) is 2.26. The van der Waals surface area contributed by atoms with E-state index in [1.165, 1.54) is 30.0 Å². The Hall–Kier alpha value is -0.630. The van der Waals surface area contributed by atoms with Crippen molar-refractivity contribution in [2.45, 2.75) is 0 Å². The molecule has 2 rings (SSSR count). The van der Waals surface area contributed by atoms with E-state index in [1.807, 2.05) is 22.6 Å². The minimum absolute atomic E-state index is 0.238. The third kappa shape index (κ3) is 2.73. The Bertz CT molecular complexity index is 464. The van der Waals surface area contributed by atoms with Crippen LogP contribution in [-0.4, -0.2) is 23.4 Å². The molecule has 1 aromatic carbocycles. The Labute approximate surface area is 110 Å². The third-order valence-corrected chi connectivity index (χ3v) is 3.77. The Morgan fingerprint density at radius 3 is 3.00 bits per heavy atom. The smallest absolute Gasteiger partial charge is 0.258 e. The molecule has 3 nitrogen and oxygen atoms in total. The van der Waals surface area contributed by atoms with Crippen molar-refractivity contribution in [1.29, 1.82) is 0 Å². The van der Waals surface area contributed by atoms with Crippen LogP contribution in [0.2, 0.25) is 0 Å². The Balaban J connectivity index is 2.14. The van der Waals surface area contributed by atoms with Crippen LogP contribution in [0.15, 0.2) is 23.2 Å². The largest absolute Gasteiger partial charge is 0.301 e. The van der Waals surface area contributed by atoms with Gasteiger partial charge in [-0.05, 0) is 40.8 Å². The summed E-state index contributed by atoms with van der Waals surface area (Å²) in [6, 6.07) is 4.09. The molecule has 0 saturated heterocycles. The summed E-state index contributed by atoms with van der Waals surface area (Å²) in [4.78, 5) is 15.9. The fraction of sp³-hybridized carbons (Fsp3) is 0.200. The topological polar surface area (TPSA) is 41.5 Å². The van der Waals surface area contributed by atoms with Gasteiger partial charge in [-0.1, -0.05) is 11.8 Å². The molecule has 16 heavy (non-hydrogen) atoms. The lowest BCUT2D eigenvalue weighted by Gasteiger charge is -2.05. The van der Waals surface area contributed by atoms with E-state index in [2.05, 4.69) is 10.3 Å². The standard InChI is InChI=1S/C10H8FIN2OS/c11-6-1-2-7(8(12)5-6)9(15)14-10-13-3-4-16-10/h1-2,5H,3-4H2,(H,13,14,15). The van der Waals surface area contributed by atoms with Crippen molar-refractivity contribution < 1.29 is 9.18 Å². The van der Waals surface area contributed by atoms with Crippen molar-refractivity contribution >= 4 is 45.4 Å². The van der Waals surface area contributed by atoms with Crippen molar-refractivity contribution in [3.8, 4) is 0 Å². The van der Waals surface area contributed by atoms with Crippen molar-refractivity contribution in [2.75, 3.05) is 12.3 Å². The fourth-order valence-electron chi connectivity index (χ4n) is 1.25. The number of carbonyl (C=O) groups excluding carboxylic acids is 1. The third-order valence-electron chi connectivity index (χ3n) is 1.98. The van der Waals surface area contributed by atoms with Crippen molar-refractivity contribution in [2.24, 2.45) is 4.99 Å². The van der Waals surface area contributed by atoms with E-state index in [0.29, 0.717) is 14.3 Å². The minimum atomic E-state index is -0.339. The molecule has 0 aromatic heterocycles. The number of amidine groups is 1. The summed E-state index contributed by atoms with van der Waals surface area (Å²) in [6.07, 6.45) is 0. The molecule has 0 saturated carbocycles. The molecule has 1 heterocycles. The van der Waals surface area contributed by atoms with Crippen LogP contribution in [0.5, 0.6) is 0 Å². The van der Waals surface area contributed by atoms with Gasteiger partial charge in [0, 0.05) is 9.32 Å². The van der Waals surface area contributed by atoms with Crippen LogP contribution in [-0.2, 0) is 0 Å². The van der Waals surface area contributed by atoms with E-state index in [0.717, 1.165) is 12.3 Å². The molecule has 0 spiro atoms. The number of halogens is 2. The van der Waals surface area contributed by atoms with Gasteiger partial charge in [-0.25, -0.2) is 4.39 Å². The first kappa shape index (κ1) is 11.8. The normalized spacial score (nSPS) is 14.8. The molecular formula is C10H8FIN2OS. The van der Waals surface area contributed by atoms with Gasteiger partial charge >= 0.3 is 0 Å². The number of thioether (sulfide) groups is 1. The lowest BCUT2D eigenvalue weighted by atomic mass is 10.2. The molecule has 6 heteroatoms. The van der Waals surface area contributed by atoms with Gasteiger partial charge in [-0.15, -0.1) is 0 Å². The van der Waals surface area contributed by atoms with Crippen LogP contribution < -0.4 is 5.32 Å². The van der Waals surface area contributed by atoms with Crippen LogP contribution in [0.4, 0.5) is 4.39 Å². The van der Waals surface area contributed by atoms with Crippen LogP contribution >= 0.6 is 34.4 Å². The molecule has 1 amide bonds. The highest BCUT2D eigenvalue weighted by Crippen LogP contribution is 2.15. The maximum atomic E-state index is 12.9. The van der Waals surface area contributed by atoms with E-state index in [-0.39, 0.29) is 11.7 Å². The molecule has 0 fully saturated rings. The lowest BCUT2D eigenvalue weighted by molar-refractivity contribution is 0.0977. The average Bonchev–Trinajstić information content (AvgIpc) is 2.70. The van der Waals surface area contributed by atoms with E-state index in [4.69, 9.17) is 0 Å². The minimum Gasteiger partial charge on any atom is -0.301 e. The SMILES string of the molecule is O=C(NC1=NCCS1)c1ccc(F)cc1I. The van der Waals surface area contributed by atoms with Gasteiger partial charge in [-0.2, -0.15) is 0 Å². The number of nitrogens with one attached hydrogen (secondary N) is 1. The fourth-order valence-corrected chi connectivity index (χ4v) is 2.69. The van der Waals surface area contributed by atoms with E-state index < -0.39 is 0 Å². The summed E-state index contributed by atoms with van der Waals surface area (Å²) in [5.41, 5.74) is 0.470. The van der Waals surface area contributed by atoms with Crippen molar-refractivity contribution in [1.82, 2.24) is 5.32 Å². The van der Waals surface area contributed by atoms with Crippen molar-refractivity contribution in [3.63, 3.8) is 0 Å². The van der Waals surface area contributed by atoms with Gasteiger partial charge in [0.2, 0.25) is 0 Å². The molecular weight excluding hydrogens is 342 g/mol. The quantitative estimate of drug-likeness (QED) is 0.790. The number of nitrogens with zero attached hydrogens (tertiary/aromatic N) is 1. The molecule has 0 atom stereocenters. The summed E-state index contributed by atoms with van der Waals surface area (Å²) >= 11 is 3.46. The maximum Gasteiger partial charge on any atom is 0.258 e. The first-order chi connectivity index (χ1) is 7.66.